The molecule has 0 radical (unpaired) electrons. The molecule has 1 saturated heterocycles. The van der Waals surface area contributed by atoms with Crippen molar-refractivity contribution in [3.8, 4) is 5.75 Å². The fourth-order valence-electron chi connectivity index (χ4n) is 1.96. The summed E-state index contributed by atoms with van der Waals surface area (Å²) in [6.07, 6.45) is 0.964. The molecule has 1 fully saturated rings. The molecule has 1 aromatic heterocycles. The Bertz CT molecular complexity index is 339. The van der Waals surface area contributed by atoms with Gasteiger partial charge in [-0.05, 0) is 6.92 Å². The summed E-state index contributed by atoms with van der Waals surface area (Å²) in [6.45, 7) is 3.82. The van der Waals surface area contributed by atoms with E-state index in [9.17, 15) is 5.11 Å². The van der Waals surface area contributed by atoms with Gasteiger partial charge in [0.2, 0.25) is 0 Å². The van der Waals surface area contributed by atoms with Crippen molar-refractivity contribution in [2.45, 2.75) is 32.3 Å². The monoisotopic (exact) mass is 242 g/mol. The summed E-state index contributed by atoms with van der Waals surface area (Å²) in [4.78, 5) is 0. The summed E-state index contributed by atoms with van der Waals surface area (Å²) in [5.41, 5.74) is 0.675. The average Bonchev–Trinajstić information content (AvgIpc) is 2.95. The fourth-order valence-corrected chi connectivity index (χ4v) is 1.96. The molecule has 1 atom stereocenters. The number of aliphatic hydroxyl groups is 1. The van der Waals surface area contributed by atoms with E-state index in [4.69, 9.17) is 14.2 Å². The number of aromatic nitrogens is 2. The van der Waals surface area contributed by atoms with Crippen LogP contribution in [0.3, 0.4) is 0 Å². The zero-order valence-electron chi connectivity index (χ0n) is 10.1. The second kappa shape index (κ2) is 5.48. The van der Waals surface area contributed by atoms with E-state index in [1.807, 2.05) is 6.92 Å². The maximum atomic E-state index is 10.2. The van der Waals surface area contributed by atoms with Gasteiger partial charge in [-0.3, -0.25) is 4.68 Å². The predicted octanol–water partition coefficient (Wildman–Crippen LogP) is 0.708. The van der Waals surface area contributed by atoms with Gasteiger partial charge >= 0.3 is 0 Å². The summed E-state index contributed by atoms with van der Waals surface area (Å²) in [6, 6.07) is 0. The Morgan fingerprint density at radius 1 is 1.59 bits per heavy atom. The zero-order valence-corrected chi connectivity index (χ0v) is 10.1. The SMILES string of the molecule is CCn1ncc(OC)c1C(O)CC1OCCO1. The van der Waals surface area contributed by atoms with Crippen LogP contribution < -0.4 is 4.74 Å². The number of aliphatic hydroxyl groups excluding tert-OH is 1. The van der Waals surface area contributed by atoms with Gasteiger partial charge in [0.05, 0.1) is 26.5 Å². The number of hydrogen-bond acceptors (Lipinski definition) is 5. The second-order valence-electron chi connectivity index (χ2n) is 3.84. The summed E-state index contributed by atoms with van der Waals surface area (Å²) in [5, 5.41) is 14.3. The maximum absolute atomic E-state index is 10.2. The average molecular weight is 242 g/mol. The molecule has 0 aromatic carbocycles. The summed E-state index contributed by atoms with van der Waals surface area (Å²) < 4.78 is 17.5. The van der Waals surface area contributed by atoms with E-state index >= 15 is 0 Å². The van der Waals surface area contributed by atoms with E-state index in [2.05, 4.69) is 5.10 Å². The highest BCUT2D eigenvalue weighted by atomic mass is 16.7. The number of nitrogens with zero attached hydrogens (tertiary/aromatic N) is 2. The molecule has 0 aliphatic carbocycles. The smallest absolute Gasteiger partial charge is 0.162 e. The van der Waals surface area contributed by atoms with Crippen molar-refractivity contribution in [3.63, 3.8) is 0 Å². The zero-order chi connectivity index (χ0) is 12.3. The summed E-state index contributed by atoms with van der Waals surface area (Å²) in [7, 11) is 1.57. The molecule has 2 heterocycles. The number of hydrogen-bond donors (Lipinski definition) is 1. The lowest BCUT2D eigenvalue weighted by atomic mass is 10.1. The van der Waals surface area contributed by atoms with E-state index in [1.54, 1.807) is 18.0 Å². The number of rotatable bonds is 5. The quantitative estimate of drug-likeness (QED) is 0.823. The third kappa shape index (κ3) is 2.59. The van der Waals surface area contributed by atoms with Gasteiger partial charge in [0.25, 0.3) is 0 Å². The van der Waals surface area contributed by atoms with Gasteiger partial charge in [-0.25, -0.2) is 0 Å². The van der Waals surface area contributed by atoms with Gasteiger partial charge in [0.15, 0.2) is 12.0 Å². The molecular weight excluding hydrogens is 224 g/mol. The first-order valence-corrected chi connectivity index (χ1v) is 5.77. The first-order chi connectivity index (χ1) is 8.26. The summed E-state index contributed by atoms with van der Waals surface area (Å²) in [5.74, 6) is 0.595. The minimum absolute atomic E-state index is 0.338. The van der Waals surface area contributed by atoms with Gasteiger partial charge < -0.3 is 19.3 Å². The highest BCUT2D eigenvalue weighted by molar-refractivity contribution is 5.27. The highest BCUT2D eigenvalue weighted by Gasteiger charge is 2.25. The Kier molecular flexibility index (Phi) is 3.98. The van der Waals surface area contributed by atoms with Gasteiger partial charge in [-0.1, -0.05) is 0 Å². The van der Waals surface area contributed by atoms with Crippen molar-refractivity contribution in [2.75, 3.05) is 20.3 Å². The van der Waals surface area contributed by atoms with Crippen LogP contribution in [-0.2, 0) is 16.0 Å². The van der Waals surface area contributed by atoms with E-state index in [1.165, 1.54) is 0 Å². The third-order valence-corrected chi connectivity index (χ3v) is 2.79. The molecule has 1 unspecified atom stereocenters. The van der Waals surface area contributed by atoms with E-state index < -0.39 is 6.10 Å². The number of methoxy groups -OCH3 is 1. The number of aryl methyl sites for hydroxylation is 1. The molecule has 17 heavy (non-hydrogen) atoms. The molecule has 96 valence electrons. The van der Waals surface area contributed by atoms with Crippen molar-refractivity contribution in [2.24, 2.45) is 0 Å². The Balaban J connectivity index is 2.10. The molecule has 0 spiro atoms. The lowest BCUT2D eigenvalue weighted by molar-refractivity contribution is -0.0721. The molecule has 1 N–H and O–H groups in total. The van der Waals surface area contributed by atoms with Crippen LogP contribution in [0.25, 0.3) is 0 Å². The molecule has 2 rings (SSSR count). The largest absolute Gasteiger partial charge is 0.493 e. The van der Waals surface area contributed by atoms with Crippen molar-refractivity contribution >= 4 is 0 Å². The minimum atomic E-state index is -0.699. The van der Waals surface area contributed by atoms with Crippen LogP contribution in [0, 0.1) is 0 Å². The third-order valence-electron chi connectivity index (χ3n) is 2.79. The van der Waals surface area contributed by atoms with Gasteiger partial charge in [-0.2, -0.15) is 5.10 Å². The standard InChI is InChI=1S/C11H18N2O4/c1-3-13-11(9(15-2)7-12-13)8(14)6-10-16-4-5-17-10/h7-8,10,14H,3-6H2,1-2H3. The van der Waals surface area contributed by atoms with Gasteiger partial charge in [-0.15, -0.1) is 0 Å². The van der Waals surface area contributed by atoms with Crippen molar-refractivity contribution < 1.29 is 19.3 Å². The molecule has 0 bridgehead atoms. The van der Waals surface area contributed by atoms with E-state index in [0.717, 1.165) is 0 Å². The Hall–Kier alpha value is -1.11. The normalized spacial score (nSPS) is 18.5. The van der Waals surface area contributed by atoms with Crippen LogP contribution in [0.5, 0.6) is 5.75 Å². The highest BCUT2D eigenvalue weighted by Crippen LogP contribution is 2.29. The van der Waals surface area contributed by atoms with Crippen molar-refractivity contribution in [3.05, 3.63) is 11.9 Å². The van der Waals surface area contributed by atoms with Crippen LogP contribution in [0.15, 0.2) is 6.20 Å². The molecule has 0 amide bonds. The van der Waals surface area contributed by atoms with E-state index in [-0.39, 0.29) is 6.29 Å². The van der Waals surface area contributed by atoms with Crippen LogP contribution in [0.2, 0.25) is 0 Å². The van der Waals surface area contributed by atoms with Crippen molar-refractivity contribution in [1.82, 2.24) is 9.78 Å². The Morgan fingerprint density at radius 3 is 2.88 bits per heavy atom. The molecule has 1 aromatic rings. The molecule has 6 nitrogen and oxygen atoms in total. The van der Waals surface area contributed by atoms with Crippen LogP contribution >= 0.6 is 0 Å². The van der Waals surface area contributed by atoms with Crippen LogP contribution in [0.4, 0.5) is 0 Å². The minimum Gasteiger partial charge on any atom is -0.493 e. The lowest BCUT2D eigenvalue weighted by Gasteiger charge is -2.17. The number of ether oxygens (including phenoxy) is 3. The first-order valence-electron chi connectivity index (χ1n) is 5.77. The van der Waals surface area contributed by atoms with Crippen molar-refractivity contribution in [1.29, 1.82) is 0 Å². The van der Waals surface area contributed by atoms with Gasteiger partial charge in [0, 0.05) is 13.0 Å². The summed E-state index contributed by atoms with van der Waals surface area (Å²) >= 11 is 0. The van der Waals surface area contributed by atoms with Crippen LogP contribution in [0.1, 0.15) is 25.1 Å². The Labute approximate surface area is 100 Å². The lowest BCUT2D eigenvalue weighted by Crippen LogP contribution is -2.16. The second-order valence-corrected chi connectivity index (χ2v) is 3.84. The van der Waals surface area contributed by atoms with Crippen LogP contribution in [-0.4, -0.2) is 41.5 Å². The van der Waals surface area contributed by atoms with E-state index in [0.29, 0.717) is 37.6 Å². The maximum Gasteiger partial charge on any atom is 0.162 e. The first kappa shape index (κ1) is 12.3. The molecule has 0 saturated carbocycles. The molecule has 1 aliphatic heterocycles. The molecule has 1 aliphatic rings. The molecular formula is C11H18N2O4. The molecule has 6 heteroatoms. The van der Waals surface area contributed by atoms with Gasteiger partial charge in [0.1, 0.15) is 11.8 Å². The predicted molar refractivity (Wildman–Crippen MR) is 59.7 cm³/mol. The fraction of sp³-hybridized carbons (Fsp3) is 0.727. The Morgan fingerprint density at radius 2 is 2.29 bits per heavy atom. The topological polar surface area (TPSA) is 65.7 Å².